The van der Waals surface area contributed by atoms with E-state index in [2.05, 4.69) is 26.8 Å². The van der Waals surface area contributed by atoms with Gasteiger partial charge in [-0.2, -0.15) is 0 Å². The van der Waals surface area contributed by atoms with Crippen molar-refractivity contribution in [3.63, 3.8) is 0 Å². The fourth-order valence-corrected chi connectivity index (χ4v) is 2.82. The monoisotopic (exact) mass is 470 g/mol. The van der Waals surface area contributed by atoms with Crippen LogP contribution >= 0.6 is 31.5 Å². The summed E-state index contributed by atoms with van der Waals surface area (Å²) in [6.45, 7) is 1.90. The van der Waals surface area contributed by atoms with Crippen LogP contribution in [0.1, 0.15) is 24.8 Å². The first kappa shape index (κ1) is 24.2. The Hall–Kier alpha value is -2.12. The van der Waals surface area contributed by atoms with Crippen molar-refractivity contribution in [3.8, 4) is 11.5 Å². The van der Waals surface area contributed by atoms with E-state index < -0.39 is 8.25 Å². The van der Waals surface area contributed by atoms with E-state index in [9.17, 15) is 0 Å². The van der Waals surface area contributed by atoms with E-state index in [1.807, 2.05) is 43.3 Å². The van der Waals surface area contributed by atoms with Crippen LogP contribution in [0, 0.1) is 6.92 Å². The van der Waals surface area contributed by atoms with Crippen LogP contribution in [0.4, 0.5) is 0 Å². The summed E-state index contributed by atoms with van der Waals surface area (Å²) < 4.78 is 17.4. The molecule has 1 aromatic heterocycles. The predicted molar refractivity (Wildman–Crippen MR) is 115 cm³/mol. The Kier molecular flexibility index (Phi) is 10.1. The van der Waals surface area contributed by atoms with Gasteiger partial charge in [0.25, 0.3) is 0 Å². The van der Waals surface area contributed by atoms with Crippen molar-refractivity contribution in [2.24, 2.45) is 0 Å². The Morgan fingerprint density at radius 2 is 1.60 bits per heavy atom. The molecular formula is C20H21Cl2N2O5P. The average molecular weight is 471 g/mol. The molecule has 0 aliphatic heterocycles. The van der Waals surface area contributed by atoms with Crippen LogP contribution in [0.15, 0.2) is 54.9 Å². The molecule has 160 valence electrons. The third-order valence-electron chi connectivity index (χ3n) is 3.95. The Morgan fingerprint density at radius 1 is 1.03 bits per heavy atom. The number of rotatable bonds is 7. The summed E-state index contributed by atoms with van der Waals surface area (Å²) in [4.78, 5) is 17.3. The third-order valence-corrected chi connectivity index (χ3v) is 4.83. The Balaban J connectivity index is 0.000000721. The summed E-state index contributed by atoms with van der Waals surface area (Å²) in [7, 11) is -3.04. The molecule has 0 fully saturated rings. The quantitative estimate of drug-likeness (QED) is 0.264. The zero-order chi connectivity index (χ0) is 21.9. The molecule has 0 bridgehead atoms. The van der Waals surface area contributed by atoms with Gasteiger partial charge in [0, 0.05) is 11.1 Å². The van der Waals surface area contributed by atoms with Crippen LogP contribution in [0.3, 0.4) is 0 Å². The normalized spacial score (nSPS) is 10.8. The number of aryl methyl sites for hydroxylation is 3. The number of hydrogen-bond acceptors (Lipinski definition) is 7. The summed E-state index contributed by atoms with van der Waals surface area (Å²) in [5.41, 5.74) is 3.00. The van der Waals surface area contributed by atoms with Gasteiger partial charge in [0.1, 0.15) is 17.8 Å². The molecule has 1 heterocycles. The molecule has 2 aromatic carbocycles. The van der Waals surface area contributed by atoms with Gasteiger partial charge in [0.2, 0.25) is 0 Å². The second-order valence-electron chi connectivity index (χ2n) is 6.08. The molecule has 10 heteroatoms. The highest BCUT2D eigenvalue weighted by molar-refractivity contribution is 7.30. The van der Waals surface area contributed by atoms with Gasteiger partial charge in [-0.3, -0.25) is 0 Å². The molecule has 30 heavy (non-hydrogen) atoms. The topological polar surface area (TPSA) is 105 Å². The minimum Gasteiger partial charge on any atom is -0.565 e. The maximum absolute atomic E-state index is 8.93. The first-order valence-electron chi connectivity index (χ1n) is 8.83. The molecule has 1 atom stereocenters. The lowest BCUT2D eigenvalue weighted by Crippen LogP contribution is -1.97. The molecule has 0 radical (unpaired) electrons. The van der Waals surface area contributed by atoms with Gasteiger partial charge in [-0.15, -0.1) is 0 Å². The maximum Gasteiger partial charge on any atom is 0.521 e. The zero-order valence-electron chi connectivity index (χ0n) is 16.0. The van der Waals surface area contributed by atoms with Crippen LogP contribution in [0.2, 0.25) is 10.0 Å². The molecule has 0 aliphatic rings. The van der Waals surface area contributed by atoms with Gasteiger partial charge in [0.15, 0.2) is 0 Å². The van der Waals surface area contributed by atoms with E-state index in [0.717, 1.165) is 42.1 Å². The Labute approximate surface area is 186 Å². The zero-order valence-corrected chi connectivity index (χ0v) is 18.4. The number of aromatic nitrogens is 2. The smallest absolute Gasteiger partial charge is 0.521 e. The van der Waals surface area contributed by atoms with Gasteiger partial charge in [-0.1, -0.05) is 35.3 Å². The highest BCUT2D eigenvalue weighted by atomic mass is 35.5. The Bertz CT molecular complexity index is 963. The molecule has 0 amide bonds. The number of hydrogen-bond donors (Lipinski definition) is 1. The minimum atomic E-state index is -3.04. The van der Waals surface area contributed by atoms with Crippen molar-refractivity contribution in [2.45, 2.75) is 26.2 Å². The SMILES string of the molecule is Cc1ncnc(CCCc2ccc(Oc3ccc(Cl)cc3)cc2)c1Cl.O=[P+]([O-])OO.[HH]. The third kappa shape index (κ3) is 8.32. The van der Waals surface area contributed by atoms with Gasteiger partial charge < -0.3 is 9.63 Å². The largest absolute Gasteiger partial charge is 0.565 e. The van der Waals surface area contributed by atoms with Crippen LogP contribution in [0.5, 0.6) is 11.5 Å². The summed E-state index contributed by atoms with van der Waals surface area (Å²) in [6.07, 6.45) is 4.35. The standard InChI is InChI=1S/C20H18Cl2N2O.HO4P.H2/c1-14-20(22)19(24-13-23-14)4-2-3-15-5-9-17(10-6-15)25-18-11-7-16(21)8-12-18;1-4-5(2)3;/h5-13H,2-4H2,1H3;1H;1H. The first-order valence-corrected chi connectivity index (χ1v) is 10.7. The van der Waals surface area contributed by atoms with Gasteiger partial charge >= 0.3 is 8.25 Å². The van der Waals surface area contributed by atoms with Crippen molar-refractivity contribution in [3.05, 3.63) is 81.9 Å². The minimum absolute atomic E-state index is 0. The molecule has 0 spiro atoms. The average Bonchev–Trinajstić information content (AvgIpc) is 2.74. The fraction of sp³-hybridized carbons (Fsp3) is 0.200. The molecule has 0 saturated carbocycles. The molecule has 1 N–H and O–H groups in total. The van der Waals surface area contributed by atoms with E-state index >= 15 is 0 Å². The van der Waals surface area contributed by atoms with Crippen LogP contribution < -0.4 is 9.63 Å². The molecule has 0 saturated heterocycles. The first-order chi connectivity index (χ1) is 14.4. The number of benzene rings is 2. The van der Waals surface area contributed by atoms with Crippen molar-refractivity contribution < 1.29 is 25.6 Å². The summed E-state index contributed by atoms with van der Waals surface area (Å²) in [5.74, 6) is 1.58. The highest BCUT2D eigenvalue weighted by Crippen LogP contribution is 2.24. The molecule has 3 aromatic rings. The van der Waals surface area contributed by atoms with E-state index in [4.69, 9.17) is 42.7 Å². The van der Waals surface area contributed by atoms with Crippen LogP contribution in [-0.2, 0) is 22.1 Å². The van der Waals surface area contributed by atoms with Crippen molar-refractivity contribution in [2.75, 3.05) is 0 Å². The van der Waals surface area contributed by atoms with Gasteiger partial charge in [-0.25, -0.2) is 15.2 Å². The van der Waals surface area contributed by atoms with Crippen LogP contribution in [0.25, 0.3) is 0 Å². The fourth-order valence-electron chi connectivity index (χ4n) is 2.50. The highest BCUT2D eigenvalue weighted by Gasteiger charge is 2.06. The van der Waals surface area contributed by atoms with Crippen molar-refractivity contribution in [1.29, 1.82) is 0 Å². The summed E-state index contributed by atoms with van der Waals surface area (Å²) >= 11 is 12.1. The number of ether oxygens (including phenoxy) is 1. The lowest BCUT2D eigenvalue weighted by atomic mass is 10.1. The van der Waals surface area contributed by atoms with Crippen LogP contribution in [-0.4, -0.2) is 15.2 Å². The number of halogens is 2. The summed E-state index contributed by atoms with van der Waals surface area (Å²) in [5, 5.41) is 8.42. The van der Waals surface area contributed by atoms with Crippen molar-refractivity contribution >= 4 is 31.5 Å². The van der Waals surface area contributed by atoms with E-state index in [1.165, 1.54) is 5.56 Å². The molecular weight excluding hydrogens is 450 g/mol. The number of nitrogens with zero attached hydrogens (tertiary/aromatic N) is 2. The molecule has 3 rings (SSSR count). The lowest BCUT2D eigenvalue weighted by Gasteiger charge is -2.08. The van der Waals surface area contributed by atoms with Crippen molar-refractivity contribution in [1.82, 2.24) is 9.97 Å². The second kappa shape index (κ2) is 12.5. The summed E-state index contributed by atoms with van der Waals surface area (Å²) in [6, 6.07) is 15.4. The van der Waals surface area contributed by atoms with E-state index in [-0.39, 0.29) is 1.43 Å². The molecule has 0 aliphatic carbocycles. The van der Waals surface area contributed by atoms with Gasteiger partial charge in [0.05, 0.1) is 16.4 Å². The van der Waals surface area contributed by atoms with E-state index in [0.29, 0.717) is 10.0 Å². The maximum atomic E-state index is 8.93. The molecule has 7 nitrogen and oxygen atoms in total. The second-order valence-corrected chi connectivity index (χ2v) is 7.50. The lowest BCUT2D eigenvalue weighted by molar-refractivity contribution is -0.244. The Morgan fingerprint density at radius 3 is 2.17 bits per heavy atom. The molecule has 1 unspecified atom stereocenters. The van der Waals surface area contributed by atoms with Gasteiger partial charge in [-0.05, 0) is 72.7 Å². The predicted octanol–water partition coefficient (Wildman–Crippen LogP) is 5.80. The van der Waals surface area contributed by atoms with E-state index in [1.54, 1.807) is 6.33 Å².